The van der Waals surface area contributed by atoms with Crippen LogP contribution in [0, 0.1) is 46.3 Å². The molecular weight excluding hydrogens is 604 g/mol. The molecule has 0 saturated heterocycles. The minimum atomic E-state index is -0.785. The number of aliphatic imine (C=N–C) groups is 1. The maximum atomic E-state index is 12.7. The molecule has 0 radical (unpaired) electrons. The molecule has 9 atom stereocenters. The highest BCUT2D eigenvalue weighted by molar-refractivity contribution is 5.86. The number of nitrogens with one attached hydrogen (secondary N) is 2. The fraction of sp³-hybridized carbons (Fsp3) is 0.842. The van der Waals surface area contributed by atoms with Crippen LogP contribution in [0.5, 0.6) is 0 Å². The number of primary amides is 1. The van der Waals surface area contributed by atoms with Crippen molar-refractivity contribution in [3.05, 3.63) is 11.6 Å². The third-order valence-corrected chi connectivity index (χ3v) is 13.0. The van der Waals surface area contributed by atoms with E-state index >= 15 is 0 Å². The fourth-order valence-electron chi connectivity index (χ4n) is 10.4. The van der Waals surface area contributed by atoms with Crippen LogP contribution in [0.1, 0.15) is 131 Å². The number of alkyl carbamates (subject to hydrolysis) is 1. The summed E-state index contributed by atoms with van der Waals surface area (Å²) >= 11 is 0. The van der Waals surface area contributed by atoms with Gasteiger partial charge in [0.15, 0.2) is 5.96 Å². The zero-order valence-corrected chi connectivity index (χ0v) is 30.5. The van der Waals surface area contributed by atoms with Crippen molar-refractivity contribution in [2.75, 3.05) is 13.1 Å². The van der Waals surface area contributed by atoms with Gasteiger partial charge in [0.1, 0.15) is 12.1 Å². The number of nitrogens with two attached hydrogens (primary N) is 3. The van der Waals surface area contributed by atoms with Crippen LogP contribution in [0.2, 0.25) is 0 Å². The van der Waals surface area contributed by atoms with Crippen molar-refractivity contribution in [2.24, 2.45) is 68.5 Å². The summed E-state index contributed by atoms with van der Waals surface area (Å²) in [5.74, 6) is 3.93. The lowest BCUT2D eigenvalue weighted by Crippen LogP contribution is -2.51. The molecule has 0 spiro atoms. The van der Waals surface area contributed by atoms with Gasteiger partial charge in [0.05, 0.1) is 0 Å². The zero-order chi connectivity index (χ0) is 35.1. The second-order valence-electron chi connectivity index (χ2n) is 16.6. The summed E-state index contributed by atoms with van der Waals surface area (Å²) in [4.78, 5) is 40.7. The minimum absolute atomic E-state index is 0.0200. The Morgan fingerprint density at radius 3 is 2.44 bits per heavy atom. The van der Waals surface area contributed by atoms with Crippen LogP contribution in [0.4, 0.5) is 4.79 Å². The Kier molecular flexibility index (Phi) is 13.3. The highest BCUT2D eigenvalue weighted by atomic mass is 16.6. The van der Waals surface area contributed by atoms with Gasteiger partial charge in [-0.25, -0.2) is 4.79 Å². The summed E-state index contributed by atoms with van der Waals surface area (Å²) in [6.07, 6.45) is 17.0. The maximum absolute atomic E-state index is 12.7. The number of hydrogen-bond donors (Lipinski definition) is 5. The van der Waals surface area contributed by atoms with Crippen molar-refractivity contribution < 1.29 is 19.1 Å². The van der Waals surface area contributed by atoms with Gasteiger partial charge in [-0.15, -0.1) is 0 Å². The number of guanidine groups is 1. The van der Waals surface area contributed by atoms with E-state index in [0.717, 1.165) is 54.8 Å². The van der Waals surface area contributed by atoms with E-state index < -0.39 is 18.0 Å². The van der Waals surface area contributed by atoms with Crippen molar-refractivity contribution in [2.45, 2.75) is 143 Å². The van der Waals surface area contributed by atoms with Gasteiger partial charge in [-0.1, -0.05) is 65.5 Å². The van der Waals surface area contributed by atoms with E-state index in [4.69, 9.17) is 21.9 Å². The van der Waals surface area contributed by atoms with Gasteiger partial charge in [-0.05, 0) is 111 Å². The molecule has 0 aliphatic heterocycles. The Hall–Kier alpha value is -2.78. The standard InChI is InChI=1S/C38H66N6O4/c1-24(2)9-6-10-25(3)29-15-16-30-28-14-13-26-23-27(17-19-37(26,4)31(28)18-20-38(29,30)5)48-36(47)43-22-8-12-33(45)44-32(34(39)46)11-7-21-42-35(40)41/h13,24-25,27-32H,6-12,14-23H2,1-5H3,(H2,39,46)(H,43,47)(H,44,45)(H4,40,41,42)/t25-,27+,28+,29-,30+,31+,32+,37+,38-/m1/s1. The normalized spacial score (nSPS) is 32.1. The second-order valence-corrected chi connectivity index (χ2v) is 16.6. The van der Waals surface area contributed by atoms with E-state index in [2.05, 4.69) is 56.3 Å². The van der Waals surface area contributed by atoms with Gasteiger partial charge in [0, 0.05) is 25.9 Å². The molecule has 10 nitrogen and oxygen atoms in total. The summed E-state index contributed by atoms with van der Waals surface area (Å²) in [7, 11) is 0. The zero-order valence-electron chi connectivity index (χ0n) is 30.5. The number of carbonyl (C=O) groups excluding carboxylic acids is 3. The summed E-state index contributed by atoms with van der Waals surface area (Å²) in [6, 6.07) is -0.785. The molecule has 3 amide bonds. The molecule has 4 aliphatic carbocycles. The molecule has 4 rings (SSSR count). The number of hydrogen-bond acceptors (Lipinski definition) is 5. The number of allylic oxidation sites excluding steroid dienone is 1. The Morgan fingerprint density at radius 2 is 1.73 bits per heavy atom. The Morgan fingerprint density at radius 1 is 0.958 bits per heavy atom. The summed E-state index contributed by atoms with van der Waals surface area (Å²) in [5.41, 5.74) is 18.3. The molecule has 8 N–H and O–H groups in total. The first-order valence-corrected chi connectivity index (χ1v) is 19.0. The number of carbonyl (C=O) groups is 3. The third-order valence-electron chi connectivity index (χ3n) is 13.0. The van der Waals surface area contributed by atoms with Crippen LogP contribution in [0.3, 0.4) is 0 Å². The van der Waals surface area contributed by atoms with Crippen LogP contribution in [0.25, 0.3) is 0 Å². The predicted molar refractivity (Wildman–Crippen MR) is 192 cm³/mol. The molecule has 10 heteroatoms. The lowest BCUT2D eigenvalue weighted by atomic mass is 9.47. The molecule has 3 fully saturated rings. The van der Waals surface area contributed by atoms with Crippen molar-refractivity contribution >= 4 is 23.9 Å². The van der Waals surface area contributed by atoms with Crippen LogP contribution in [0.15, 0.2) is 16.6 Å². The lowest BCUT2D eigenvalue weighted by molar-refractivity contribution is -0.127. The van der Waals surface area contributed by atoms with Gasteiger partial charge in [0.2, 0.25) is 11.8 Å². The second kappa shape index (κ2) is 16.8. The van der Waals surface area contributed by atoms with Crippen molar-refractivity contribution in [3.8, 4) is 0 Å². The Labute approximate surface area is 289 Å². The van der Waals surface area contributed by atoms with Gasteiger partial charge in [-0.2, -0.15) is 0 Å². The molecule has 0 aromatic carbocycles. The number of amides is 3. The third kappa shape index (κ3) is 9.26. The van der Waals surface area contributed by atoms with Crippen LogP contribution in [-0.2, 0) is 14.3 Å². The molecule has 4 aliphatic rings. The topological polar surface area (TPSA) is 175 Å². The first-order chi connectivity index (χ1) is 22.7. The maximum Gasteiger partial charge on any atom is 0.407 e. The first kappa shape index (κ1) is 38.0. The number of nitrogens with zero attached hydrogens (tertiary/aromatic N) is 1. The minimum Gasteiger partial charge on any atom is -0.446 e. The highest BCUT2D eigenvalue weighted by Crippen LogP contribution is 2.67. The first-order valence-electron chi connectivity index (χ1n) is 19.0. The average Bonchev–Trinajstić information content (AvgIpc) is 3.38. The van der Waals surface area contributed by atoms with Crippen LogP contribution < -0.4 is 27.8 Å². The summed E-state index contributed by atoms with van der Waals surface area (Å²) < 4.78 is 5.89. The Balaban J connectivity index is 1.21. The van der Waals surface area contributed by atoms with Crippen molar-refractivity contribution in [1.82, 2.24) is 10.6 Å². The lowest BCUT2D eigenvalue weighted by Gasteiger charge is -2.58. The molecular formula is C38H66N6O4. The van der Waals surface area contributed by atoms with Gasteiger partial charge >= 0.3 is 6.09 Å². The smallest absolute Gasteiger partial charge is 0.407 e. The largest absolute Gasteiger partial charge is 0.446 e. The van der Waals surface area contributed by atoms with Gasteiger partial charge in [0.25, 0.3) is 0 Å². The molecule has 3 saturated carbocycles. The van der Waals surface area contributed by atoms with Crippen molar-refractivity contribution in [3.63, 3.8) is 0 Å². The molecule has 0 bridgehead atoms. The Bertz CT molecular complexity index is 1180. The molecule has 0 aromatic heterocycles. The highest BCUT2D eigenvalue weighted by Gasteiger charge is 2.59. The number of rotatable bonds is 16. The van der Waals surface area contributed by atoms with E-state index in [1.807, 2.05) is 0 Å². The van der Waals surface area contributed by atoms with Crippen LogP contribution in [-0.4, -0.2) is 49.1 Å². The van der Waals surface area contributed by atoms with Gasteiger partial charge in [-0.3, -0.25) is 14.6 Å². The molecule has 272 valence electrons. The SMILES string of the molecule is CC(C)CCC[C@@H](C)[C@H]1CC[C@H]2[C@@H]3CC=C4C[C@@H](OC(=O)NCCCC(=O)N[C@@H](CCCN=C(N)N)C(N)=O)CC[C@]4(C)[C@H]3CC[C@]12C. The summed E-state index contributed by atoms with van der Waals surface area (Å²) in [5, 5.41) is 5.48. The molecule has 0 heterocycles. The monoisotopic (exact) mass is 671 g/mol. The average molecular weight is 671 g/mol. The van der Waals surface area contributed by atoms with E-state index in [1.165, 1.54) is 56.9 Å². The summed E-state index contributed by atoms with van der Waals surface area (Å²) in [6.45, 7) is 13.1. The number of ether oxygens (including phenoxy) is 1. The van der Waals surface area contributed by atoms with Crippen molar-refractivity contribution in [1.29, 1.82) is 0 Å². The molecule has 0 unspecified atom stereocenters. The number of fused-ring (bicyclic) bond motifs is 5. The quantitative estimate of drug-likeness (QED) is 0.0589. The van der Waals surface area contributed by atoms with E-state index in [-0.39, 0.29) is 29.8 Å². The van der Waals surface area contributed by atoms with E-state index in [9.17, 15) is 14.4 Å². The van der Waals surface area contributed by atoms with Crippen LogP contribution >= 0.6 is 0 Å². The predicted octanol–water partition coefficient (Wildman–Crippen LogP) is 5.93. The van der Waals surface area contributed by atoms with E-state index in [1.54, 1.807) is 0 Å². The fourth-order valence-corrected chi connectivity index (χ4v) is 10.4. The van der Waals surface area contributed by atoms with Gasteiger partial charge < -0.3 is 32.6 Å². The molecule has 0 aromatic rings. The molecule has 48 heavy (non-hydrogen) atoms. The van der Waals surface area contributed by atoms with E-state index in [0.29, 0.717) is 37.8 Å².